The standard InChI is InChI=1S/C37H42N4O6S/c1-22(2)21-48(45,46)39-36(42)24-12-14-30-32(18-24)40-20-26(34-31(37(43)44)19-38-41(34)27-10-7-11-27)16-25-17-28(47-3)13-15-29(25)35(40)33(30)23-8-5-4-6-9-23/h12-19,22-23,27H,4-11,20-21H2,1-3H3,(H,39,42)(H,43,44). The van der Waals surface area contributed by atoms with Gasteiger partial charge in [0.05, 0.1) is 43.0 Å². The topological polar surface area (TPSA) is 133 Å². The fraction of sp³-hybridized carbons (Fsp3) is 0.432. The van der Waals surface area contributed by atoms with E-state index in [4.69, 9.17) is 4.74 Å². The van der Waals surface area contributed by atoms with E-state index in [0.29, 0.717) is 23.9 Å². The first kappa shape index (κ1) is 32.2. The summed E-state index contributed by atoms with van der Waals surface area (Å²) in [6.45, 7) is 3.93. The molecule has 0 spiro atoms. The molecule has 11 heteroatoms. The van der Waals surface area contributed by atoms with Gasteiger partial charge in [0.1, 0.15) is 11.3 Å². The Hall–Kier alpha value is -4.38. The van der Waals surface area contributed by atoms with Crippen molar-refractivity contribution >= 4 is 44.5 Å². The zero-order valence-corrected chi connectivity index (χ0v) is 28.5. The van der Waals surface area contributed by atoms with Crippen LogP contribution in [0.4, 0.5) is 0 Å². The van der Waals surface area contributed by atoms with Crippen LogP contribution >= 0.6 is 0 Å². The van der Waals surface area contributed by atoms with Crippen LogP contribution in [0.1, 0.15) is 115 Å². The molecule has 252 valence electrons. The van der Waals surface area contributed by atoms with Crippen LogP contribution in [0, 0.1) is 5.92 Å². The van der Waals surface area contributed by atoms with Crippen LogP contribution in [0.2, 0.25) is 0 Å². The highest BCUT2D eigenvalue weighted by Gasteiger charge is 2.33. The summed E-state index contributed by atoms with van der Waals surface area (Å²) in [6, 6.07) is 11.6. The molecule has 2 N–H and O–H groups in total. The lowest BCUT2D eigenvalue weighted by Gasteiger charge is -2.28. The van der Waals surface area contributed by atoms with Gasteiger partial charge in [0, 0.05) is 22.0 Å². The lowest BCUT2D eigenvalue weighted by Crippen LogP contribution is -2.33. The van der Waals surface area contributed by atoms with E-state index in [-0.39, 0.29) is 28.8 Å². The van der Waals surface area contributed by atoms with E-state index >= 15 is 0 Å². The average Bonchev–Trinajstić information content (AvgIpc) is 3.54. The maximum atomic E-state index is 13.4. The van der Waals surface area contributed by atoms with Gasteiger partial charge < -0.3 is 14.4 Å². The summed E-state index contributed by atoms with van der Waals surface area (Å²) >= 11 is 0. The van der Waals surface area contributed by atoms with Crippen LogP contribution in [-0.2, 0) is 16.6 Å². The number of fused-ring (bicyclic) bond motifs is 5. The number of methoxy groups -OCH3 is 1. The molecule has 1 aliphatic heterocycles. The molecule has 0 unspecified atom stereocenters. The third kappa shape index (κ3) is 5.82. The fourth-order valence-corrected chi connectivity index (χ4v) is 9.12. The molecule has 2 aromatic heterocycles. The lowest BCUT2D eigenvalue weighted by molar-refractivity contribution is 0.0695. The molecule has 2 fully saturated rings. The Bertz CT molecular complexity index is 2060. The fourth-order valence-electron chi connectivity index (χ4n) is 7.75. The number of carbonyl (C=O) groups excluding carboxylic acids is 1. The van der Waals surface area contributed by atoms with Crippen molar-refractivity contribution in [3.63, 3.8) is 0 Å². The van der Waals surface area contributed by atoms with Crippen LogP contribution in [0.25, 0.3) is 33.8 Å². The van der Waals surface area contributed by atoms with Crippen molar-refractivity contribution in [2.24, 2.45) is 5.92 Å². The minimum atomic E-state index is -3.82. The minimum Gasteiger partial charge on any atom is -0.497 e. The van der Waals surface area contributed by atoms with Gasteiger partial charge in [0.15, 0.2) is 0 Å². The molecule has 1 amide bonds. The number of hydrogen-bond acceptors (Lipinski definition) is 6. The number of carbonyl (C=O) groups is 2. The first-order valence-electron chi connectivity index (χ1n) is 17.0. The summed E-state index contributed by atoms with van der Waals surface area (Å²) in [5.41, 5.74) is 6.77. The van der Waals surface area contributed by atoms with E-state index in [1.807, 2.05) is 22.9 Å². The quantitative estimate of drug-likeness (QED) is 0.192. The molecule has 2 aromatic carbocycles. The van der Waals surface area contributed by atoms with Crippen LogP contribution in [-0.4, -0.2) is 52.6 Å². The number of benzene rings is 2. The van der Waals surface area contributed by atoms with Gasteiger partial charge >= 0.3 is 5.97 Å². The zero-order chi connectivity index (χ0) is 33.7. The predicted molar refractivity (Wildman–Crippen MR) is 186 cm³/mol. The van der Waals surface area contributed by atoms with Gasteiger partial charge in [0.25, 0.3) is 5.91 Å². The van der Waals surface area contributed by atoms with Crippen LogP contribution < -0.4 is 9.46 Å². The number of nitrogens with one attached hydrogen (secondary N) is 1. The molecule has 0 atom stereocenters. The molecule has 0 saturated heterocycles. The van der Waals surface area contributed by atoms with E-state index in [0.717, 1.165) is 78.2 Å². The summed E-state index contributed by atoms with van der Waals surface area (Å²) in [5, 5.41) is 15.9. The number of nitrogens with zero attached hydrogens (tertiary/aromatic N) is 3. The number of sulfonamides is 1. The van der Waals surface area contributed by atoms with Crippen molar-refractivity contribution in [2.75, 3.05) is 12.9 Å². The number of rotatable bonds is 9. The third-order valence-corrected chi connectivity index (χ3v) is 11.7. The van der Waals surface area contributed by atoms with Gasteiger partial charge in [-0.1, -0.05) is 39.2 Å². The molecule has 48 heavy (non-hydrogen) atoms. The van der Waals surface area contributed by atoms with Crippen molar-refractivity contribution in [1.82, 2.24) is 19.1 Å². The number of carboxylic acids is 1. The first-order valence-corrected chi connectivity index (χ1v) is 18.6. The molecule has 4 aromatic rings. The van der Waals surface area contributed by atoms with Gasteiger partial charge in [0.2, 0.25) is 10.0 Å². The molecule has 3 heterocycles. The Morgan fingerprint density at radius 2 is 1.79 bits per heavy atom. The number of aromatic carboxylic acids is 1. The molecule has 0 radical (unpaired) electrons. The smallest absolute Gasteiger partial charge is 0.339 e. The highest BCUT2D eigenvalue weighted by Crippen LogP contribution is 2.48. The van der Waals surface area contributed by atoms with Crippen molar-refractivity contribution in [2.45, 2.75) is 83.7 Å². The van der Waals surface area contributed by atoms with Crippen LogP contribution in [0.5, 0.6) is 5.75 Å². The average molecular weight is 671 g/mol. The molecule has 2 saturated carbocycles. The van der Waals surface area contributed by atoms with Crippen molar-refractivity contribution < 1.29 is 27.9 Å². The Morgan fingerprint density at radius 1 is 1.02 bits per heavy atom. The first-order chi connectivity index (χ1) is 23.0. The monoisotopic (exact) mass is 670 g/mol. The molecular weight excluding hydrogens is 628 g/mol. The lowest BCUT2D eigenvalue weighted by atomic mass is 9.81. The summed E-state index contributed by atoms with van der Waals surface area (Å²) in [7, 11) is -2.18. The number of carboxylic acid groups (broad SMARTS) is 1. The summed E-state index contributed by atoms with van der Waals surface area (Å²) in [4.78, 5) is 26.0. The maximum absolute atomic E-state index is 13.4. The Morgan fingerprint density at radius 3 is 2.46 bits per heavy atom. The molecule has 2 aliphatic carbocycles. The van der Waals surface area contributed by atoms with Gasteiger partial charge in [-0.15, -0.1) is 0 Å². The Labute approximate surface area is 280 Å². The van der Waals surface area contributed by atoms with Gasteiger partial charge in [-0.25, -0.2) is 17.9 Å². The van der Waals surface area contributed by atoms with E-state index in [1.165, 1.54) is 18.2 Å². The van der Waals surface area contributed by atoms with Crippen molar-refractivity contribution in [3.05, 3.63) is 70.5 Å². The number of aromatic nitrogens is 3. The van der Waals surface area contributed by atoms with Gasteiger partial charge in [-0.05, 0) is 97.0 Å². The molecular formula is C37H42N4O6S. The number of allylic oxidation sites excluding steroid dienone is 1. The minimum absolute atomic E-state index is 0.129. The van der Waals surface area contributed by atoms with Crippen molar-refractivity contribution in [1.29, 1.82) is 0 Å². The molecule has 7 rings (SSSR count). The van der Waals surface area contributed by atoms with Gasteiger partial charge in [-0.3, -0.25) is 9.48 Å². The summed E-state index contributed by atoms with van der Waals surface area (Å²) < 4.78 is 37.5. The highest BCUT2D eigenvalue weighted by atomic mass is 32.2. The second-order valence-electron chi connectivity index (χ2n) is 13.9. The maximum Gasteiger partial charge on any atom is 0.339 e. The normalized spacial score (nSPS) is 17.0. The summed E-state index contributed by atoms with van der Waals surface area (Å²) in [6.07, 6.45) is 12.0. The highest BCUT2D eigenvalue weighted by molar-refractivity contribution is 7.90. The molecule has 3 aliphatic rings. The van der Waals surface area contributed by atoms with E-state index < -0.39 is 21.9 Å². The third-order valence-electron chi connectivity index (χ3n) is 10.1. The van der Waals surface area contributed by atoms with Gasteiger partial charge in [-0.2, -0.15) is 5.10 Å². The van der Waals surface area contributed by atoms with Crippen molar-refractivity contribution in [3.8, 4) is 17.0 Å². The zero-order valence-electron chi connectivity index (χ0n) is 27.7. The van der Waals surface area contributed by atoms with Crippen LogP contribution in [0.15, 0.2) is 42.6 Å². The summed E-state index contributed by atoms with van der Waals surface area (Å²) in [5.74, 6) is -0.991. The Kier molecular flexibility index (Phi) is 8.43. The molecule has 10 nitrogen and oxygen atoms in total. The Balaban J connectivity index is 1.47. The number of ether oxygens (including phenoxy) is 1. The van der Waals surface area contributed by atoms with E-state index in [9.17, 15) is 23.1 Å². The number of amides is 1. The second-order valence-corrected chi connectivity index (χ2v) is 15.7. The van der Waals surface area contributed by atoms with E-state index in [1.54, 1.807) is 33.1 Å². The number of hydrogen-bond donors (Lipinski definition) is 2. The van der Waals surface area contributed by atoms with Crippen LogP contribution in [0.3, 0.4) is 0 Å². The SMILES string of the molecule is COc1ccc2c(c1)C=C(c1c(C(=O)O)cnn1C1CCC1)Cn1c-2c(C2CCCCC2)c2ccc(C(=O)NS(=O)(=O)CC(C)C)cc21. The molecule has 0 bridgehead atoms. The predicted octanol–water partition coefficient (Wildman–Crippen LogP) is 7.25. The second kappa shape index (κ2) is 12.6. The van der Waals surface area contributed by atoms with E-state index in [2.05, 4.69) is 26.5 Å². The largest absolute Gasteiger partial charge is 0.497 e.